The molecule has 3 aromatic rings. The minimum Gasteiger partial charge on any atom is -0.371 e. The number of nitrogens with zero attached hydrogens (tertiary/aromatic N) is 4. The molecule has 0 saturated carbocycles. The van der Waals surface area contributed by atoms with Crippen molar-refractivity contribution >= 4 is 22.1 Å². The van der Waals surface area contributed by atoms with Gasteiger partial charge in [-0.1, -0.05) is 18.2 Å². The molecule has 0 N–H and O–H groups in total. The quantitative estimate of drug-likeness (QED) is 0.535. The summed E-state index contributed by atoms with van der Waals surface area (Å²) in [5, 5.41) is 17.2. The summed E-state index contributed by atoms with van der Waals surface area (Å²) in [4.78, 5) is 26.2. The first kappa shape index (κ1) is 16.3. The number of anilines is 1. The van der Waals surface area contributed by atoms with Crippen LogP contribution in [0.25, 0.3) is 16.5 Å². The van der Waals surface area contributed by atoms with Crippen molar-refractivity contribution in [2.75, 3.05) is 18.0 Å². The van der Waals surface area contributed by atoms with E-state index >= 15 is 0 Å². The van der Waals surface area contributed by atoms with Gasteiger partial charge < -0.3 is 4.90 Å². The fourth-order valence-electron chi connectivity index (χ4n) is 3.52. The predicted octanol–water partition coefficient (Wildman–Crippen LogP) is 3.20. The minimum atomic E-state index is -0.470. The van der Waals surface area contributed by atoms with Crippen LogP contribution < -0.4 is 10.5 Å². The van der Waals surface area contributed by atoms with E-state index in [0.717, 1.165) is 41.7 Å². The summed E-state index contributed by atoms with van der Waals surface area (Å²) >= 11 is 0. The van der Waals surface area contributed by atoms with E-state index in [9.17, 15) is 14.9 Å². The van der Waals surface area contributed by atoms with Crippen LogP contribution in [0, 0.1) is 17.0 Å². The second kappa shape index (κ2) is 6.25. The summed E-state index contributed by atoms with van der Waals surface area (Å²) in [6, 6.07) is 12.1. The standard InChI is InChI=1S/C19H18N4O3/c1-13-15-6-2-3-7-16(15)19(24)22(20-13)18-12-14(21-10-4-5-11-21)8-9-17(18)23(25)26/h2-3,6-9,12H,4-5,10-11H2,1H3. The summed E-state index contributed by atoms with van der Waals surface area (Å²) in [6.07, 6.45) is 2.19. The van der Waals surface area contributed by atoms with Crippen LogP contribution in [0.5, 0.6) is 0 Å². The Hall–Kier alpha value is -3.22. The van der Waals surface area contributed by atoms with E-state index in [4.69, 9.17) is 0 Å². The van der Waals surface area contributed by atoms with Crippen molar-refractivity contribution in [2.24, 2.45) is 0 Å². The van der Waals surface area contributed by atoms with Crippen molar-refractivity contribution in [1.82, 2.24) is 9.78 Å². The van der Waals surface area contributed by atoms with Gasteiger partial charge in [0.2, 0.25) is 0 Å². The van der Waals surface area contributed by atoms with Crippen molar-refractivity contribution in [3.8, 4) is 5.69 Å². The van der Waals surface area contributed by atoms with Gasteiger partial charge in [-0.3, -0.25) is 14.9 Å². The highest BCUT2D eigenvalue weighted by atomic mass is 16.6. The molecule has 0 unspecified atom stereocenters. The smallest absolute Gasteiger partial charge is 0.295 e. The van der Waals surface area contributed by atoms with E-state index in [1.165, 1.54) is 6.07 Å². The lowest BCUT2D eigenvalue weighted by Gasteiger charge is -2.18. The van der Waals surface area contributed by atoms with Gasteiger partial charge in [0.25, 0.3) is 11.2 Å². The van der Waals surface area contributed by atoms with E-state index in [2.05, 4.69) is 10.00 Å². The van der Waals surface area contributed by atoms with Crippen LogP contribution in [0.2, 0.25) is 0 Å². The van der Waals surface area contributed by atoms with E-state index in [0.29, 0.717) is 11.1 Å². The van der Waals surface area contributed by atoms with Gasteiger partial charge in [0.05, 0.1) is 16.0 Å². The summed E-state index contributed by atoms with van der Waals surface area (Å²) in [5.41, 5.74) is 1.26. The summed E-state index contributed by atoms with van der Waals surface area (Å²) < 4.78 is 1.16. The molecule has 1 aliphatic rings. The highest BCUT2D eigenvalue weighted by Gasteiger charge is 2.22. The zero-order valence-corrected chi connectivity index (χ0v) is 14.4. The minimum absolute atomic E-state index is 0.128. The average Bonchev–Trinajstić information content (AvgIpc) is 3.19. The Balaban J connectivity index is 1.98. The van der Waals surface area contributed by atoms with Crippen molar-refractivity contribution in [2.45, 2.75) is 19.8 Å². The molecule has 7 nitrogen and oxygen atoms in total. The first-order valence-corrected chi connectivity index (χ1v) is 8.59. The van der Waals surface area contributed by atoms with Gasteiger partial charge in [0.1, 0.15) is 5.69 Å². The average molecular weight is 350 g/mol. The van der Waals surface area contributed by atoms with Crippen LogP contribution >= 0.6 is 0 Å². The van der Waals surface area contributed by atoms with Gasteiger partial charge in [0.15, 0.2) is 0 Å². The Labute approximate surface area is 149 Å². The molecule has 2 heterocycles. The lowest BCUT2D eigenvalue weighted by molar-refractivity contribution is -0.384. The van der Waals surface area contributed by atoms with Crippen LogP contribution in [0.15, 0.2) is 47.3 Å². The molecular formula is C19H18N4O3. The Morgan fingerprint density at radius 1 is 1.08 bits per heavy atom. The third kappa shape index (κ3) is 2.61. The number of aryl methyl sites for hydroxylation is 1. The van der Waals surface area contributed by atoms with Crippen LogP contribution in [-0.2, 0) is 0 Å². The monoisotopic (exact) mass is 350 g/mol. The Morgan fingerprint density at radius 3 is 2.46 bits per heavy atom. The number of hydrogen-bond acceptors (Lipinski definition) is 5. The van der Waals surface area contributed by atoms with Crippen molar-refractivity contribution in [3.05, 3.63) is 68.6 Å². The molecule has 0 radical (unpaired) electrons. The van der Waals surface area contributed by atoms with Gasteiger partial charge in [-0.15, -0.1) is 0 Å². The number of aromatic nitrogens is 2. The van der Waals surface area contributed by atoms with Crippen LogP contribution in [0.3, 0.4) is 0 Å². The molecule has 4 rings (SSSR count). The molecule has 1 aromatic heterocycles. The van der Waals surface area contributed by atoms with Gasteiger partial charge in [0, 0.05) is 30.2 Å². The zero-order valence-electron chi connectivity index (χ0n) is 14.4. The molecule has 0 amide bonds. The summed E-state index contributed by atoms with van der Waals surface area (Å²) in [7, 11) is 0. The summed E-state index contributed by atoms with van der Waals surface area (Å²) in [6.45, 7) is 3.63. The van der Waals surface area contributed by atoms with Crippen molar-refractivity contribution in [1.29, 1.82) is 0 Å². The maximum Gasteiger partial charge on any atom is 0.295 e. The molecular weight excluding hydrogens is 332 g/mol. The Morgan fingerprint density at radius 2 is 1.77 bits per heavy atom. The van der Waals surface area contributed by atoms with Crippen molar-refractivity contribution < 1.29 is 4.92 Å². The molecule has 2 aromatic carbocycles. The molecule has 0 atom stereocenters. The fourth-order valence-corrected chi connectivity index (χ4v) is 3.52. The number of rotatable bonds is 3. The first-order chi connectivity index (χ1) is 12.6. The second-order valence-corrected chi connectivity index (χ2v) is 6.47. The number of fused-ring (bicyclic) bond motifs is 1. The number of benzene rings is 2. The Bertz CT molecular complexity index is 1070. The lowest BCUT2D eigenvalue weighted by atomic mass is 10.1. The molecule has 1 fully saturated rings. The fraction of sp³-hybridized carbons (Fsp3) is 0.263. The van der Waals surface area contributed by atoms with Crippen LogP contribution in [-0.4, -0.2) is 27.8 Å². The maximum absolute atomic E-state index is 13.0. The van der Waals surface area contributed by atoms with E-state index < -0.39 is 4.92 Å². The van der Waals surface area contributed by atoms with Gasteiger partial charge in [-0.05, 0) is 38.0 Å². The largest absolute Gasteiger partial charge is 0.371 e. The Kier molecular flexibility index (Phi) is 3.91. The van der Waals surface area contributed by atoms with Gasteiger partial charge in [-0.25, -0.2) is 0 Å². The lowest BCUT2D eigenvalue weighted by Crippen LogP contribution is -2.24. The molecule has 26 heavy (non-hydrogen) atoms. The van der Waals surface area contributed by atoms with E-state index in [1.807, 2.05) is 12.1 Å². The molecule has 132 valence electrons. The first-order valence-electron chi connectivity index (χ1n) is 8.59. The van der Waals surface area contributed by atoms with Gasteiger partial charge in [-0.2, -0.15) is 9.78 Å². The number of nitro benzene ring substituents is 1. The topological polar surface area (TPSA) is 81.3 Å². The third-order valence-corrected chi connectivity index (χ3v) is 4.84. The highest BCUT2D eigenvalue weighted by molar-refractivity contribution is 5.83. The van der Waals surface area contributed by atoms with E-state index in [-0.39, 0.29) is 16.9 Å². The second-order valence-electron chi connectivity index (χ2n) is 6.47. The molecule has 0 aliphatic carbocycles. The molecule has 0 bridgehead atoms. The van der Waals surface area contributed by atoms with E-state index in [1.54, 1.807) is 31.2 Å². The molecule has 0 spiro atoms. The molecule has 1 aliphatic heterocycles. The number of nitro groups is 1. The zero-order chi connectivity index (χ0) is 18.3. The SMILES string of the molecule is Cc1nn(-c2cc(N3CCCC3)ccc2[N+](=O)[O-])c(=O)c2ccccc12. The van der Waals surface area contributed by atoms with Crippen LogP contribution in [0.4, 0.5) is 11.4 Å². The normalized spacial score (nSPS) is 14.1. The van der Waals surface area contributed by atoms with Gasteiger partial charge >= 0.3 is 0 Å². The summed E-state index contributed by atoms with van der Waals surface area (Å²) in [5.74, 6) is 0. The molecule has 7 heteroatoms. The van der Waals surface area contributed by atoms with Crippen LogP contribution in [0.1, 0.15) is 18.5 Å². The van der Waals surface area contributed by atoms with Crippen molar-refractivity contribution in [3.63, 3.8) is 0 Å². The maximum atomic E-state index is 13.0. The highest BCUT2D eigenvalue weighted by Crippen LogP contribution is 2.29. The number of hydrogen-bond donors (Lipinski definition) is 0. The third-order valence-electron chi connectivity index (χ3n) is 4.84. The predicted molar refractivity (Wildman–Crippen MR) is 100 cm³/mol. The molecule has 1 saturated heterocycles.